The zero-order chi connectivity index (χ0) is 20.1. The number of carbonyl (C=O) groups excluding carboxylic acids is 3. The average Bonchev–Trinajstić information content (AvgIpc) is 3.30. The highest BCUT2D eigenvalue weighted by molar-refractivity contribution is 7.09. The molecule has 0 aliphatic carbocycles. The number of amides is 4. The molecule has 28 heavy (non-hydrogen) atoms. The van der Waals surface area contributed by atoms with E-state index in [9.17, 15) is 14.4 Å². The molecule has 1 aliphatic rings. The van der Waals surface area contributed by atoms with Gasteiger partial charge in [-0.25, -0.2) is 4.79 Å². The van der Waals surface area contributed by atoms with Gasteiger partial charge in [-0.15, -0.1) is 11.3 Å². The van der Waals surface area contributed by atoms with Crippen molar-refractivity contribution in [2.24, 2.45) is 0 Å². The predicted octanol–water partition coefficient (Wildman–Crippen LogP) is 1.04. The van der Waals surface area contributed by atoms with Crippen molar-refractivity contribution in [1.82, 2.24) is 15.8 Å². The minimum absolute atomic E-state index is 0.177. The van der Waals surface area contributed by atoms with Crippen molar-refractivity contribution in [3.8, 4) is 0 Å². The van der Waals surface area contributed by atoms with Gasteiger partial charge in [0, 0.05) is 0 Å². The molecule has 1 aromatic heterocycles. The second-order valence-electron chi connectivity index (χ2n) is 6.77. The fourth-order valence-corrected chi connectivity index (χ4v) is 4.18. The van der Waals surface area contributed by atoms with Crippen LogP contribution in [0.4, 0.5) is 4.79 Å². The van der Waals surface area contributed by atoms with E-state index < -0.39 is 17.5 Å². The third-order valence-corrected chi connectivity index (χ3v) is 5.92. The van der Waals surface area contributed by atoms with Crippen molar-refractivity contribution >= 4 is 29.2 Å². The molecule has 1 unspecified atom stereocenters. The summed E-state index contributed by atoms with van der Waals surface area (Å²) < 4.78 is 0. The highest BCUT2D eigenvalue weighted by Crippen LogP contribution is 2.31. The van der Waals surface area contributed by atoms with Gasteiger partial charge in [-0.1, -0.05) is 43.3 Å². The number of likely N-dealkylation sites (N-methyl/N-ethyl adjacent to an activating group) is 1. The molecular weight excluding hydrogens is 376 g/mol. The van der Waals surface area contributed by atoms with E-state index in [2.05, 4.69) is 10.7 Å². The van der Waals surface area contributed by atoms with Gasteiger partial charge in [0.05, 0.1) is 11.4 Å². The normalized spacial score (nSPS) is 20.1. The molecule has 0 spiro atoms. The van der Waals surface area contributed by atoms with E-state index >= 15 is 0 Å². The van der Waals surface area contributed by atoms with Gasteiger partial charge in [-0.05, 0) is 30.4 Å². The number of nitrogens with zero attached hydrogens (tertiary/aromatic N) is 1. The van der Waals surface area contributed by atoms with E-state index in [4.69, 9.17) is 0 Å². The molecule has 4 amide bonds. The molecule has 3 N–H and O–H groups in total. The Morgan fingerprint density at radius 1 is 1.18 bits per heavy atom. The van der Waals surface area contributed by atoms with Crippen LogP contribution in [0.3, 0.4) is 0 Å². The molecule has 1 fully saturated rings. The number of urea groups is 1. The number of nitrogens with one attached hydrogen (secondary N) is 3. The minimum Gasteiger partial charge on any atom is -0.323 e. The first-order chi connectivity index (χ1) is 13.5. The highest BCUT2D eigenvalue weighted by atomic mass is 32.1. The Morgan fingerprint density at radius 2 is 1.93 bits per heavy atom. The summed E-state index contributed by atoms with van der Waals surface area (Å²) in [7, 11) is 0. The van der Waals surface area contributed by atoms with Crippen molar-refractivity contribution in [2.45, 2.75) is 32.4 Å². The average molecular weight is 402 g/mol. The van der Waals surface area contributed by atoms with Crippen molar-refractivity contribution in [2.75, 3.05) is 13.1 Å². The Hall–Kier alpha value is -2.71. The number of imide groups is 1. The number of rotatable bonds is 8. The molecule has 1 aliphatic heterocycles. The van der Waals surface area contributed by atoms with Crippen LogP contribution in [0, 0.1) is 0 Å². The SMILES string of the molecule is CC[NH+](CC(=O)NN1C(=O)N[C@@](CC)(c2ccccc2)C1=O)Cc1cccs1. The van der Waals surface area contributed by atoms with Crippen LogP contribution < -0.4 is 15.6 Å². The number of hydrogen-bond acceptors (Lipinski definition) is 4. The van der Waals surface area contributed by atoms with Gasteiger partial charge >= 0.3 is 6.03 Å². The van der Waals surface area contributed by atoms with Gasteiger partial charge < -0.3 is 10.2 Å². The maximum atomic E-state index is 13.0. The fourth-order valence-electron chi connectivity index (χ4n) is 3.40. The topological polar surface area (TPSA) is 82.9 Å². The van der Waals surface area contributed by atoms with E-state index in [-0.39, 0.29) is 12.5 Å². The Bertz CT molecular complexity index is 840. The maximum absolute atomic E-state index is 13.0. The summed E-state index contributed by atoms with van der Waals surface area (Å²) in [6.45, 7) is 5.50. The van der Waals surface area contributed by atoms with Crippen LogP contribution in [0.5, 0.6) is 0 Å². The van der Waals surface area contributed by atoms with E-state index in [1.54, 1.807) is 23.5 Å². The molecule has 1 saturated heterocycles. The summed E-state index contributed by atoms with van der Waals surface area (Å²) in [5, 5.41) is 5.58. The van der Waals surface area contributed by atoms with Crippen LogP contribution in [0.25, 0.3) is 0 Å². The maximum Gasteiger partial charge on any atom is 0.344 e. The molecule has 148 valence electrons. The minimum atomic E-state index is -1.15. The molecule has 7 nitrogen and oxygen atoms in total. The molecule has 0 saturated carbocycles. The van der Waals surface area contributed by atoms with Gasteiger partial charge in [0.25, 0.3) is 11.8 Å². The number of hydrogen-bond donors (Lipinski definition) is 3. The zero-order valence-corrected chi connectivity index (χ0v) is 16.8. The van der Waals surface area contributed by atoms with Gasteiger partial charge in [0.2, 0.25) is 0 Å². The Kier molecular flexibility index (Phi) is 6.11. The Labute approximate surface area is 168 Å². The van der Waals surface area contributed by atoms with E-state index in [1.807, 2.05) is 49.6 Å². The largest absolute Gasteiger partial charge is 0.344 e. The zero-order valence-electron chi connectivity index (χ0n) is 16.0. The van der Waals surface area contributed by atoms with Crippen molar-refractivity contribution in [3.05, 3.63) is 58.3 Å². The van der Waals surface area contributed by atoms with E-state index in [0.717, 1.165) is 23.0 Å². The molecule has 1 aromatic carbocycles. The van der Waals surface area contributed by atoms with Crippen molar-refractivity contribution in [3.63, 3.8) is 0 Å². The lowest BCUT2D eigenvalue weighted by molar-refractivity contribution is -0.903. The Morgan fingerprint density at radius 3 is 2.54 bits per heavy atom. The van der Waals surface area contributed by atoms with Crippen LogP contribution in [0.1, 0.15) is 30.7 Å². The molecule has 8 heteroatoms. The smallest absolute Gasteiger partial charge is 0.323 e. The number of hydrazine groups is 1. The quantitative estimate of drug-likeness (QED) is 0.578. The van der Waals surface area contributed by atoms with Crippen molar-refractivity contribution < 1.29 is 19.3 Å². The summed E-state index contributed by atoms with van der Waals surface area (Å²) >= 11 is 1.65. The summed E-state index contributed by atoms with van der Waals surface area (Å²) in [6.07, 6.45) is 0.388. The van der Waals surface area contributed by atoms with Gasteiger partial charge in [0.1, 0.15) is 12.1 Å². The lowest BCUT2D eigenvalue weighted by atomic mass is 9.87. The summed E-state index contributed by atoms with van der Waals surface area (Å²) in [5.41, 5.74) is 2.04. The van der Waals surface area contributed by atoms with Crippen LogP contribution in [0.2, 0.25) is 0 Å². The first-order valence-corrected chi connectivity index (χ1v) is 10.3. The van der Waals surface area contributed by atoms with Crippen molar-refractivity contribution in [1.29, 1.82) is 0 Å². The molecule has 3 rings (SSSR count). The van der Waals surface area contributed by atoms with Crippen LogP contribution in [-0.2, 0) is 21.7 Å². The van der Waals surface area contributed by atoms with Gasteiger partial charge in [-0.2, -0.15) is 5.01 Å². The third-order valence-electron chi connectivity index (χ3n) is 5.04. The first-order valence-electron chi connectivity index (χ1n) is 9.37. The number of carbonyl (C=O) groups is 3. The molecule has 0 radical (unpaired) electrons. The Balaban J connectivity index is 1.69. The first kappa shape index (κ1) is 20.0. The summed E-state index contributed by atoms with van der Waals surface area (Å²) in [6, 6.07) is 12.5. The predicted molar refractivity (Wildman–Crippen MR) is 106 cm³/mol. The molecule has 2 heterocycles. The molecular formula is C20H25N4O3S+. The van der Waals surface area contributed by atoms with Crippen LogP contribution >= 0.6 is 11.3 Å². The standard InChI is InChI=1S/C20H24N4O3S/c1-3-20(15-9-6-5-7-10-15)18(26)24(19(27)21-20)22-17(25)14-23(4-2)13-16-11-8-12-28-16/h5-12H,3-4,13-14H2,1-2H3,(H,21,27)(H,22,25)/p+1/t20-/m0/s1. The van der Waals surface area contributed by atoms with Gasteiger partial charge in [0.15, 0.2) is 6.54 Å². The highest BCUT2D eigenvalue weighted by Gasteiger charge is 2.52. The number of benzene rings is 1. The fraction of sp³-hybridized carbons (Fsp3) is 0.350. The monoisotopic (exact) mass is 401 g/mol. The molecule has 0 bridgehead atoms. The van der Waals surface area contributed by atoms with E-state index in [1.165, 1.54) is 4.88 Å². The third kappa shape index (κ3) is 3.93. The molecule has 2 aromatic rings. The molecule has 2 atom stereocenters. The number of quaternary nitrogens is 1. The summed E-state index contributed by atoms with van der Waals surface area (Å²) in [4.78, 5) is 40.3. The van der Waals surface area contributed by atoms with Crippen LogP contribution in [-0.4, -0.2) is 35.9 Å². The lowest BCUT2D eigenvalue weighted by Crippen LogP contribution is -3.11. The number of thiophene rings is 1. The second kappa shape index (κ2) is 8.53. The van der Waals surface area contributed by atoms with E-state index in [0.29, 0.717) is 12.0 Å². The van der Waals surface area contributed by atoms with Gasteiger partial charge in [-0.3, -0.25) is 15.0 Å². The summed E-state index contributed by atoms with van der Waals surface area (Å²) in [5.74, 6) is -0.826. The van der Waals surface area contributed by atoms with Crippen LogP contribution in [0.15, 0.2) is 47.8 Å². The lowest BCUT2D eigenvalue weighted by Gasteiger charge is -2.25. The second-order valence-corrected chi connectivity index (χ2v) is 7.80.